The molecule has 4 heteroatoms. The van der Waals surface area contributed by atoms with Crippen molar-refractivity contribution in [3.63, 3.8) is 0 Å². The standard InChI is InChI=1S/C18H21N3O/c22-18(20-14-8-2-1-3-9-14)21-17-12-5-4-10-15(17)16-11-6-7-13-19-16/h4-7,10-14H,1-3,8-9H2,(H2,20,21,22). The van der Waals surface area contributed by atoms with Crippen LogP contribution in [-0.2, 0) is 0 Å². The molecule has 1 aromatic heterocycles. The summed E-state index contributed by atoms with van der Waals surface area (Å²) in [5.41, 5.74) is 2.58. The minimum absolute atomic E-state index is 0.129. The highest BCUT2D eigenvalue weighted by molar-refractivity contribution is 5.94. The van der Waals surface area contributed by atoms with Crippen LogP contribution in [0.15, 0.2) is 48.7 Å². The summed E-state index contributed by atoms with van der Waals surface area (Å²) in [5, 5.41) is 6.04. The van der Waals surface area contributed by atoms with Gasteiger partial charge in [-0.3, -0.25) is 4.98 Å². The minimum Gasteiger partial charge on any atom is -0.335 e. The summed E-state index contributed by atoms with van der Waals surface area (Å²) < 4.78 is 0. The molecule has 0 aliphatic heterocycles. The summed E-state index contributed by atoms with van der Waals surface area (Å²) in [5.74, 6) is 0. The Balaban J connectivity index is 1.71. The predicted molar refractivity (Wildman–Crippen MR) is 88.7 cm³/mol. The number of hydrogen-bond acceptors (Lipinski definition) is 2. The van der Waals surface area contributed by atoms with Crippen LogP contribution in [0, 0.1) is 0 Å². The number of urea groups is 1. The van der Waals surface area contributed by atoms with Crippen LogP contribution in [0.1, 0.15) is 32.1 Å². The third-order valence-electron chi connectivity index (χ3n) is 4.06. The van der Waals surface area contributed by atoms with Crippen LogP contribution in [0.4, 0.5) is 10.5 Å². The van der Waals surface area contributed by atoms with Gasteiger partial charge in [-0.15, -0.1) is 0 Å². The molecule has 1 aliphatic carbocycles. The number of aromatic nitrogens is 1. The Kier molecular flexibility index (Phi) is 4.68. The molecule has 0 unspecified atom stereocenters. The zero-order valence-corrected chi connectivity index (χ0v) is 12.6. The van der Waals surface area contributed by atoms with E-state index in [0.29, 0.717) is 6.04 Å². The molecule has 1 saturated carbocycles. The number of nitrogens with zero attached hydrogens (tertiary/aromatic N) is 1. The van der Waals surface area contributed by atoms with Crippen LogP contribution in [0.5, 0.6) is 0 Å². The Morgan fingerprint density at radius 2 is 1.77 bits per heavy atom. The van der Waals surface area contributed by atoms with Crippen molar-refractivity contribution in [2.24, 2.45) is 0 Å². The lowest BCUT2D eigenvalue weighted by Crippen LogP contribution is -2.39. The number of anilines is 1. The van der Waals surface area contributed by atoms with Crippen molar-refractivity contribution in [2.75, 3.05) is 5.32 Å². The molecule has 2 amide bonds. The van der Waals surface area contributed by atoms with Crippen molar-refractivity contribution in [2.45, 2.75) is 38.1 Å². The number of pyridine rings is 1. The Labute approximate surface area is 131 Å². The predicted octanol–water partition coefficient (Wildman–Crippen LogP) is 4.20. The van der Waals surface area contributed by atoms with Gasteiger partial charge in [0.25, 0.3) is 0 Å². The SMILES string of the molecule is O=C(Nc1ccccc1-c1ccccn1)NC1CCCCC1. The maximum absolute atomic E-state index is 12.2. The summed E-state index contributed by atoms with van der Waals surface area (Å²) >= 11 is 0. The van der Waals surface area contributed by atoms with Crippen LogP contribution < -0.4 is 10.6 Å². The number of para-hydroxylation sites is 1. The fraction of sp³-hybridized carbons (Fsp3) is 0.333. The number of nitrogens with one attached hydrogen (secondary N) is 2. The van der Waals surface area contributed by atoms with Gasteiger partial charge in [0.1, 0.15) is 0 Å². The molecule has 0 radical (unpaired) electrons. The quantitative estimate of drug-likeness (QED) is 0.891. The summed E-state index contributed by atoms with van der Waals surface area (Å²) in [6.07, 6.45) is 7.60. The number of hydrogen-bond donors (Lipinski definition) is 2. The molecule has 0 spiro atoms. The highest BCUT2D eigenvalue weighted by Gasteiger charge is 2.16. The van der Waals surface area contributed by atoms with Crippen molar-refractivity contribution in [1.82, 2.24) is 10.3 Å². The van der Waals surface area contributed by atoms with Crippen molar-refractivity contribution in [1.29, 1.82) is 0 Å². The van der Waals surface area contributed by atoms with Crippen LogP contribution in [0.3, 0.4) is 0 Å². The lowest BCUT2D eigenvalue weighted by molar-refractivity contribution is 0.244. The Hall–Kier alpha value is -2.36. The van der Waals surface area contributed by atoms with E-state index in [4.69, 9.17) is 0 Å². The van der Waals surface area contributed by atoms with Gasteiger partial charge in [0.2, 0.25) is 0 Å². The topological polar surface area (TPSA) is 54.0 Å². The van der Waals surface area contributed by atoms with Crippen molar-refractivity contribution >= 4 is 11.7 Å². The molecule has 22 heavy (non-hydrogen) atoms. The van der Waals surface area contributed by atoms with Gasteiger partial charge in [-0.1, -0.05) is 43.5 Å². The molecule has 2 N–H and O–H groups in total. The molecule has 1 fully saturated rings. The largest absolute Gasteiger partial charge is 0.335 e. The smallest absolute Gasteiger partial charge is 0.319 e. The van der Waals surface area contributed by atoms with E-state index >= 15 is 0 Å². The average molecular weight is 295 g/mol. The normalized spacial score (nSPS) is 15.3. The van der Waals surface area contributed by atoms with Crippen molar-refractivity contribution < 1.29 is 4.79 Å². The van der Waals surface area contributed by atoms with Gasteiger partial charge in [-0.25, -0.2) is 4.79 Å². The first kappa shape index (κ1) is 14.6. The number of benzene rings is 1. The van der Waals surface area contributed by atoms with Crippen LogP contribution in [0.2, 0.25) is 0 Å². The van der Waals surface area contributed by atoms with Gasteiger partial charge >= 0.3 is 6.03 Å². The van der Waals surface area contributed by atoms with E-state index in [-0.39, 0.29) is 6.03 Å². The van der Waals surface area contributed by atoms with Crippen molar-refractivity contribution in [3.05, 3.63) is 48.7 Å². The Morgan fingerprint density at radius 1 is 1.00 bits per heavy atom. The van der Waals surface area contributed by atoms with Gasteiger partial charge in [-0.05, 0) is 31.0 Å². The second-order valence-corrected chi connectivity index (χ2v) is 5.69. The maximum Gasteiger partial charge on any atom is 0.319 e. The first-order valence-electron chi connectivity index (χ1n) is 7.91. The molecule has 1 heterocycles. The third kappa shape index (κ3) is 3.64. The molecule has 2 aromatic rings. The number of amides is 2. The van der Waals surface area contributed by atoms with Gasteiger partial charge < -0.3 is 10.6 Å². The summed E-state index contributed by atoms with van der Waals surface area (Å²) in [6, 6.07) is 13.7. The number of carbonyl (C=O) groups excluding carboxylic acids is 1. The highest BCUT2D eigenvalue weighted by Crippen LogP contribution is 2.26. The van der Waals surface area contributed by atoms with E-state index < -0.39 is 0 Å². The minimum atomic E-state index is -0.129. The van der Waals surface area contributed by atoms with E-state index in [2.05, 4.69) is 15.6 Å². The molecule has 3 rings (SSSR count). The zero-order valence-electron chi connectivity index (χ0n) is 12.6. The van der Waals surface area contributed by atoms with E-state index in [9.17, 15) is 4.79 Å². The Bertz CT molecular complexity index is 621. The van der Waals surface area contributed by atoms with Gasteiger partial charge in [0.15, 0.2) is 0 Å². The molecule has 0 bridgehead atoms. The third-order valence-corrected chi connectivity index (χ3v) is 4.06. The second-order valence-electron chi connectivity index (χ2n) is 5.69. The monoisotopic (exact) mass is 295 g/mol. The summed E-state index contributed by atoms with van der Waals surface area (Å²) in [7, 11) is 0. The van der Waals surface area contributed by atoms with Gasteiger partial charge in [0.05, 0.1) is 11.4 Å². The first-order valence-corrected chi connectivity index (χ1v) is 7.91. The lowest BCUT2D eigenvalue weighted by atomic mass is 9.96. The fourth-order valence-electron chi connectivity index (χ4n) is 2.93. The number of carbonyl (C=O) groups is 1. The molecule has 0 saturated heterocycles. The lowest BCUT2D eigenvalue weighted by Gasteiger charge is -2.23. The van der Waals surface area contributed by atoms with E-state index in [1.807, 2.05) is 42.5 Å². The molecular formula is C18H21N3O. The molecule has 1 aliphatic rings. The molecule has 4 nitrogen and oxygen atoms in total. The maximum atomic E-state index is 12.2. The molecular weight excluding hydrogens is 274 g/mol. The average Bonchev–Trinajstić information content (AvgIpc) is 2.57. The van der Waals surface area contributed by atoms with E-state index in [1.54, 1.807) is 6.20 Å². The van der Waals surface area contributed by atoms with Crippen LogP contribution in [0.25, 0.3) is 11.3 Å². The Morgan fingerprint density at radius 3 is 2.55 bits per heavy atom. The molecule has 114 valence electrons. The molecule has 1 aromatic carbocycles. The second kappa shape index (κ2) is 7.07. The van der Waals surface area contributed by atoms with E-state index in [1.165, 1.54) is 19.3 Å². The zero-order chi connectivity index (χ0) is 15.2. The summed E-state index contributed by atoms with van der Waals surface area (Å²) in [4.78, 5) is 16.6. The summed E-state index contributed by atoms with van der Waals surface area (Å²) in [6.45, 7) is 0. The van der Waals surface area contributed by atoms with E-state index in [0.717, 1.165) is 29.8 Å². The van der Waals surface area contributed by atoms with Crippen molar-refractivity contribution in [3.8, 4) is 11.3 Å². The van der Waals surface area contributed by atoms with Crippen LogP contribution in [-0.4, -0.2) is 17.1 Å². The van der Waals surface area contributed by atoms with Crippen LogP contribution >= 0.6 is 0 Å². The van der Waals surface area contributed by atoms with Gasteiger partial charge in [-0.2, -0.15) is 0 Å². The highest BCUT2D eigenvalue weighted by atomic mass is 16.2. The molecule has 0 atom stereocenters. The fourth-order valence-corrected chi connectivity index (χ4v) is 2.93. The first-order chi connectivity index (χ1) is 10.8. The van der Waals surface area contributed by atoms with Gasteiger partial charge in [0, 0.05) is 17.8 Å². The number of rotatable bonds is 3.